The predicted molar refractivity (Wildman–Crippen MR) is 230 cm³/mol. The third-order valence-corrected chi connectivity index (χ3v) is 9.61. The van der Waals surface area contributed by atoms with Crippen LogP contribution in [0.2, 0.25) is 0 Å². The van der Waals surface area contributed by atoms with E-state index in [1.54, 1.807) is 72.8 Å². The average Bonchev–Trinajstić information content (AvgIpc) is 3.15. The van der Waals surface area contributed by atoms with E-state index in [0.717, 1.165) is 19.3 Å². The van der Waals surface area contributed by atoms with Crippen LogP contribution in [0.25, 0.3) is 0 Å². The van der Waals surface area contributed by atoms with Crippen molar-refractivity contribution in [1.82, 2.24) is 0 Å². The molecule has 2 atom stereocenters. The Morgan fingerprint density at radius 2 is 0.831 bits per heavy atom. The van der Waals surface area contributed by atoms with Crippen LogP contribution in [-0.4, -0.2) is 50.3 Å². The minimum Gasteiger partial charge on any atom is -0.494 e. The average molecular weight is 817 g/mol. The van der Waals surface area contributed by atoms with E-state index in [1.165, 1.54) is 0 Å². The van der Waals surface area contributed by atoms with Crippen LogP contribution < -0.4 is 18.9 Å². The van der Waals surface area contributed by atoms with Gasteiger partial charge in [0.15, 0.2) is 0 Å². The second-order valence-corrected chi connectivity index (χ2v) is 19.0. The lowest BCUT2D eigenvalue weighted by Crippen LogP contribution is -2.33. The number of hydrogen-bond donors (Lipinski definition) is 0. The fraction of sp³-hybridized carbons (Fsp3) is 0.551. The number of ether oxygens (including phenoxy) is 6. The van der Waals surface area contributed by atoms with Crippen LogP contribution in [-0.2, 0) is 19.1 Å². The third-order valence-electron chi connectivity index (χ3n) is 9.61. The second kappa shape index (κ2) is 22.5. The van der Waals surface area contributed by atoms with Gasteiger partial charge in [0.2, 0.25) is 0 Å². The van der Waals surface area contributed by atoms with Crippen molar-refractivity contribution in [3.8, 4) is 23.0 Å². The molecule has 0 aliphatic carbocycles. The first kappa shape index (κ1) is 48.5. The molecule has 324 valence electrons. The van der Waals surface area contributed by atoms with Crippen LogP contribution in [0.3, 0.4) is 0 Å². The van der Waals surface area contributed by atoms with E-state index in [-0.39, 0.29) is 45.9 Å². The zero-order chi connectivity index (χ0) is 43.8. The van der Waals surface area contributed by atoms with Gasteiger partial charge in [-0.15, -0.1) is 0 Å². The number of esters is 4. The summed E-state index contributed by atoms with van der Waals surface area (Å²) >= 11 is 0. The Morgan fingerprint density at radius 1 is 0.475 bits per heavy atom. The van der Waals surface area contributed by atoms with Gasteiger partial charge >= 0.3 is 23.9 Å². The highest BCUT2D eigenvalue weighted by Gasteiger charge is 2.35. The molecule has 0 saturated carbocycles. The van der Waals surface area contributed by atoms with Crippen LogP contribution in [0.5, 0.6) is 23.0 Å². The van der Waals surface area contributed by atoms with Crippen LogP contribution in [0.1, 0.15) is 135 Å². The Labute approximate surface area is 352 Å². The summed E-state index contributed by atoms with van der Waals surface area (Å²) in [6, 6.07) is 19.5. The normalized spacial score (nSPS) is 12.9. The van der Waals surface area contributed by atoms with Gasteiger partial charge < -0.3 is 28.4 Å². The fourth-order valence-corrected chi connectivity index (χ4v) is 6.23. The van der Waals surface area contributed by atoms with Gasteiger partial charge in [0.25, 0.3) is 0 Å². The first-order valence-electron chi connectivity index (χ1n) is 20.9. The molecule has 0 aliphatic heterocycles. The summed E-state index contributed by atoms with van der Waals surface area (Å²) in [5, 5.41) is 0. The van der Waals surface area contributed by atoms with Gasteiger partial charge in [-0.2, -0.15) is 0 Å². The molecule has 10 nitrogen and oxygen atoms in total. The zero-order valence-corrected chi connectivity index (χ0v) is 37.3. The van der Waals surface area contributed by atoms with Crippen LogP contribution in [0.15, 0.2) is 72.8 Å². The maximum atomic E-state index is 12.8. The van der Waals surface area contributed by atoms with Crippen molar-refractivity contribution in [3.05, 3.63) is 83.9 Å². The second-order valence-electron chi connectivity index (χ2n) is 19.0. The molecule has 0 aliphatic rings. The molecule has 0 heterocycles. The van der Waals surface area contributed by atoms with Gasteiger partial charge in [-0.3, -0.25) is 9.59 Å². The third kappa shape index (κ3) is 18.3. The molecular formula is C49H68O10. The zero-order valence-electron chi connectivity index (χ0n) is 37.3. The monoisotopic (exact) mass is 816 g/mol. The number of carbonyl (C=O) groups excluding carboxylic acids is 4. The Kier molecular flexibility index (Phi) is 18.5. The standard InChI is InChI=1S/C49H68O10/c1-34(2)41(32-47(3,4)5)45(52)56-30-14-12-28-54-37-20-16-35(17-21-37)43(50)58-39-24-26-40(27-25-39)59-44(51)36-18-22-38(23-19-36)55-29-13-15-31-57-46(53)42(49(9,10)11)33-48(6,7)8/h16-27,34,41-42H,12-15,28-33H2,1-11H3. The summed E-state index contributed by atoms with van der Waals surface area (Å²) in [5.41, 5.74) is 0.615. The van der Waals surface area contributed by atoms with Crippen molar-refractivity contribution in [2.45, 2.75) is 115 Å². The molecule has 0 spiro atoms. The first-order chi connectivity index (χ1) is 27.6. The summed E-state index contributed by atoms with van der Waals surface area (Å²) in [6.45, 7) is 24.7. The van der Waals surface area contributed by atoms with Gasteiger partial charge in [-0.1, -0.05) is 76.2 Å². The van der Waals surface area contributed by atoms with Crippen molar-refractivity contribution in [1.29, 1.82) is 0 Å². The molecule has 0 bridgehead atoms. The molecule has 10 heteroatoms. The predicted octanol–water partition coefficient (Wildman–Crippen LogP) is 11.3. The molecule has 59 heavy (non-hydrogen) atoms. The summed E-state index contributed by atoms with van der Waals surface area (Å²) in [6.07, 6.45) is 4.36. The highest BCUT2D eigenvalue weighted by molar-refractivity contribution is 5.92. The Hall–Kier alpha value is -4.86. The van der Waals surface area contributed by atoms with Crippen LogP contribution in [0.4, 0.5) is 0 Å². The Bertz CT molecular complexity index is 1760. The molecule has 0 radical (unpaired) electrons. The van der Waals surface area contributed by atoms with Crippen LogP contribution in [0, 0.1) is 34.0 Å². The van der Waals surface area contributed by atoms with E-state index in [9.17, 15) is 19.2 Å². The summed E-state index contributed by atoms with van der Waals surface area (Å²) in [5.74, 6) is 0.404. The van der Waals surface area contributed by atoms with E-state index in [4.69, 9.17) is 28.4 Å². The summed E-state index contributed by atoms with van der Waals surface area (Å²) in [4.78, 5) is 50.9. The minimum atomic E-state index is -0.541. The van der Waals surface area contributed by atoms with E-state index >= 15 is 0 Å². The van der Waals surface area contributed by atoms with Gasteiger partial charge in [-0.25, -0.2) is 9.59 Å². The van der Waals surface area contributed by atoms with Crippen molar-refractivity contribution in [3.63, 3.8) is 0 Å². The summed E-state index contributed by atoms with van der Waals surface area (Å²) in [7, 11) is 0. The molecule has 0 saturated heterocycles. The smallest absolute Gasteiger partial charge is 0.343 e. The van der Waals surface area contributed by atoms with Gasteiger partial charge in [-0.05, 0) is 133 Å². The van der Waals surface area contributed by atoms with Crippen molar-refractivity contribution in [2.24, 2.45) is 34.0 Å². The molecule has 0 aromatic heterocycles. The fourth-order valence-electron chi connectivity index (χ4n) is 6.23. The topological polar surface area (TPSA) is 124 Å². The minimum absolute atomic E-state index is 0.0307. The van der Waals surface area contributed by atoms with Gasteiger partial charge in [0.1, 0.15) is 23.0 Å². The maximum absolute atomic E-state index is 12.8. The van der Waals surface area contributed by atoms with Crippen molar-refractivity contribution >= 4 is 23.9 Å². The molecular weight excluding hydrogens is 749 g/mol. The number of rotatable bonds is 21. The van der Waals surface area contributed by atoms with E-state index in [0.29, 0.717) is 79.8 Å². The quantitative estimate of drug-likeness (QED) is 0.0583. The highest BCUT2D eigenvalue weighted by atomic mass is 16.5. The maximum Gasteiger partial charge on any atom is 0.343 e. The molecule has 3 aromatic rings. The van der Waals surface area contributed by atoms with Crippen molar-refractivity contribution in [2.75, 3.05) is 26.4 Å². The van der Waals surface area contributed by atoms with Gasteiger partial charge in [0.05, 0.1) is 49.4 Å². The highest BCUT2D eigenvalue weighted by Crippen LogP contribution is 2.37. The number of hydrogen-bond acceptors (Lipinski definition) is 10. The molecule has 3 rings (SSSR count). The summed E-state index contributed by atoms with van der Waals surface area (Å²) < 4.78 is 33.8. The lowest BCUT2D eigenvalue weighted by molar-refractivity contribution is -0.154. The van der Waals surface area contributed by atoms with Crippen molar-refractivity contribution < 1.29 is 47.6 Å². The largest absolute Gasteiger partial charge is 0.494 e. The molecule has 2 unspecified atom stereocenters. The number of benzene rings is 3. The molecule has 3 aromatic carbocycles. The Balaban J connectivity index is 1.34. The van der Waals surface area contributed by atoms with E-state index in [2.05, 4.69) is 76.2 Å². The Morgan fingerprint density at radius 3 is 1.19 bits per heavy atom. The van der Waals surface area contributed by atoms with Crippen LogP contribution >= 0.6 is 0 Å². The lowest BCUT2D eigenvalue weighted by atomic mass is 9.72. The lowest BCUT2D eigenvalue weighted by Gasteiger charge is -2.33. The van der Waals surface area contributed by atoms with E-state index in [1.807, 2.05) is 0 Å². The first-order valence-corrected chi connectivity index (χ1v) is 20.9. The van der Waals surface area contributed by atoms with Gasteiger partial charge in [0, 0.05) is 0 Å². The molecule has 0 N–H and O–H groups in total. The molecule has 0 amide bonds. The number of carbonyl (C=O) groups is 4. The number of unbranched alkanes of at least 4 members (excludes halogenated alkanes) is 2. The van der Waals surface area contributed by atoms with E-state index < -0.39 is 11.9 Å². The molecule has 0 fully saturated rings. The SMILES string of the molecule is CC(C)C(CC(C)(C)C)C(=O)OCCCCOc1ccc(C(=O)Oc2ccc(OC(=O)c3ccc(OCCCCOC(=O)C(CC(C)(C)C)C(C)(C)C)cc3)cc2)cc1.